The van der Waals surface area contributed by atoms with Gasteiger partial charge in [0.1, 0.15) is 23.4 Å². The molecule has 0 aliphatic heterocycles. The predicted molar refractivity (Wildman–Crippen MR) is 112 cm³/mol. The molecule has 5 nitrogen and oxygen atoms in total. The highest BCUT2D eigenvalue weighted by Gasteiger charge is 2.38. The van der Waals surface area contributed by atoms with Crippen LogP contribution in [0.5, 0.6) is 11.5 Å². The second kappa shape index (κ2) is 9.37. The molecule has 3 rings (SSSR count). The van der Waals surface area contributed by atoms with Crippen LogP contribution in [0.3, 0.4) is 0 Å². The highest BCUT2D eigenvalue weighted by Crippen LogP contribution is 2.41. The third kappa shape index (κ3) is 4.31. The van der Waals surface area contributed by atoms with Crippen molar-refractivity contribution >= 4 is 6.29 Å². The van der Waals surface area contributed by atoms with Crippen molar-refractivity contribution in [2.45, 2.75) is 11.6 Å². The van der Waals surface area contributed by atoms with Gasteiger partial charge in [-0.3, -0.25) is 0 Å². The van der Waals surface area contributed by atoms with Crippen LogP contribution in [0.4, 0.5) is 0 Å². The summed E-state index contributed by atoms with van der Waals surface area (Å²) in [5.74, 6) is 1.49. The second-order valence-corrected chi connectivity index (χ2v) is 6.62. The summed E-state index contributed by atoms with van der Waals surface area (Å²) in [5.41, 5.74) is 7.63. The summed E-state index contributed by atoms with van der Waals surface area (Å²) in [6.07, 6.45) is 0.692. The van der Waals surface area contributed by atoms with E-state index in [0.717, 1.165) is 28.2 Å². The van der Waals surface area contributed by atoms with E-state index in [2.05, 4.69) is 0 Å². The van der Waals surface area contributed by atoms with E-state index in [-0.39, 0.29) is 6.61 Å². The summed E-state index contributed by atoms with van der Waals surface area (Å²) in [4.78, 5) is 11.2. The van der Waals surface area contributed by atoms with Crippen LogP contribution in [0.2, 0.25) is 0 Å². The minimum atomic E-state index is -0.958. The Bertz CT molecular complexity index is 860. The van der Waals surface area contributed by atoms with Gasteiger partial charge in [0.05, 0.1) is 26.9 Å². The van der Waals surface area contributed by atoms with Crippen molar-refractivity contribution in [3.63, 3.8) is 0 Å². The molecule has 3 aromatic carbocycles. The van der Waals surface area contributed by atoms with Crippen LogP contribution in [0.25, 0.3) is 0 Å². The molecule has 0 saturated heterocycles. The standard InChI is InChI=1S/C24H25NO4/c1-27-22-12-8-19(9-13-22)24(29-17-21(25)16-26,18-6-4-3-5-7-18)20-10-14-23(28-2)15-11-20/h3-16,21H,17,25H2,1-2H3. The van der Waals surface area contributed by atoms with Gasteiger partial charge in [0.15, 0.2) is 0 Å². The predicted octanol–water partition coefficient (Wildman–Crippen LogP) is 3.54. The number of rotatable bonds is 9. The lowest BCUT2D eigenvalue weighted by Gasteiger charge is -2.36. The van der Waals surface area contributed by atoms with Gasteiger partial charge in [-0.05, 0) is 41.0 Å². The van der Waals surface area contributed by atoms with Gasteiger partial charge < -0.3 is 24.7 Å². The number of aldehydes is 1. The Labute approximate surface area is 171 Å². The van der Waals surface area contributed by atoms with Crippen molar-refractivity contribution in [3.05, 3.63) is 95.6 Å². The first kappa shape index (κ1) is 20.6. The third-order valence-corrected chi connectivity index (χ3v) is 4.84. The highest BCUT2D eigenvalue weighted by atomic mass is 16.5. The van der Waals surface area contributed by atoms with Gasteiger partial charge in [0.25, 0.3) is 0 Å². The molecule has 0 bridgehead atoms. The van der Waals surface area contributed by atoms with E-state index in [1.165, 1.54) is 0 Å². The van der Waals surface area contributed by atoms with E-state index in [9.17, 15) is 4.79 Å². The minimum Gasteiger partial charge on any atom is -0.497 e. The maximum absolute atomic E-state index is 11.2. The van der Waals surface area contributed by atoms with E-state index in [1.807, 2.05) is 78.9 Å². The van der Waals surface area contributed by atoms with Crippen LogP contribution in [-0.2, 0) is 15.1 Å². The molecular formula is C24H25NO4. The maximum atomic E-state index is 11.2. The fraction of sp³-hybridized carbons (Fsp3) is 0.208. The molecule has 0 radical (unpaired) electrons. The Morgan fingerprint density at radius 2 is 1.24 bits per heavy atom. The maximum Gasteiger partial charge on any atom is 0.143 e. The molecule has 2 N–H and O–H groups in total. The van der Waals surface area contributed by atoms with E-state index in [0.29, 0.717) is 6.29 Å². The summed E-state index contributed by atoms with van der Waals surface area (Å²) >= 11 is 0. The van der Waals surface area contributed by atoms with E-state index in [4.69, 9.17) is 19.9 Å². The van der Waals surface area contributed by atoms with Crippen LogP contribution in [0, 0.1) is 0 Å². The fourth-order valence-electron chi connectivity index (χ4n) is 3.33. The molecule has 0 aliphatic rings. The zero-order chi connectivity index (χ0) is 20.7. The first-order valence-corrected chi connectivity index (χ1v) is 9.33. The molecule has 3 aromatic rings. The Kier molecular flexibility index (Phi) is 6.65. The number of carbonyl (C=O) groups excluding carboxylic acids is 1. The number of ether oxygens (including phenoxy) is 3. The van der Waals surface area contributed by atoms with Crippen LogP contribution >= 0.6 is 0 Å². The van der Waals surface area contributed by atoms with Crippen molar-refractivity contribution in [1.29, 1.82) is 0 Å². The number of benzene rings is 3. The van der Waals surface area contributed by atoms with E-state index in [1.54, 1.807) is 14.2 Å². The zero-order valence-electron chi connectivity index (χ0n) is 16.6. The normalized spacial score (nSPS) is 12.2. The number of carbonyl (C=O) groups is 1. The molecular weight excluding hydrogens is 366 g/mol. The summed E-state index contributed by atoms with van der Waals surface area (Å²) in [6, 6.07) is 24.5. The first-order valence-electron chi connectivity index (χ1n) is 9.33. The van der Waals surface area contributed by atoms with Crippen LogP contribution in [-0.4, -0.2) is 33.2 Å². The van der Waals surface area contributed by atoms with Crippen molar-refractivity contribution in [1.82, 2.24) is 0 Å². The highest BCUT2D eigenvalue weighted by molar-refractivity contribution is 5.57. The Hall–Kier alpha value is -3.15. The number of hydrogen-bond donors (Lipinski definition) is 1. The van der Waals surface area contributed by atoms with Crippen LogP contribution in [0.15, 0.2) is 78.9 Å². The van der Waals surface area contributed by atoms with Crippen molar-refractivity contribution < 1.29 is 19.0 Å². The van der Waals surface area contributed by atoms with Gasteiger partial charge in [-0.1, -0.05) is 54.6 Å². The molecule has 0 aliphatic carbocycles. The summed E-state index contributed by atoms with van der Waals surface area (Å²) in [6.45, 7) is 0.0659. The van der Waals surface area contributed by atoms with Gasteiger partial charge in [-0.2, -0.15) is 0 Å². The average Bonchev–Trinajstić information content (AvgIpc) is 2.80. The molecule has 29 heavy (non-hydrogen) atoms. The summed E-state index contributed by atoms with van der Waals surface area (Å²) in [5, 5.41) is 0. The van der Waals surface area contributed by atoms with Crippen LogP contribution in [0.1, 0.15) is 16.7 Å². The molecule has 0 spiro atoms. The summed E-state index contributed by atoms with van der Waals surface area (Å²) in [7, 11) is 3.26. The average molecular weight is 391 g/mol. The topological polar surface area (TPSA) is 70.8 Å². The van der Waals surface area contributed by atoms with Gasteiger partial charge in [-0.15, -0.1) is 0 Å². The van der Waals surface area contributed by atoms with Gasteiger partial charge in [-0.25, -0.2) is 0 Å². The molecule has 1 atom stereocenters. The number of nitrogens with two attached hydrogens (primary N) is 1. The molecule has 0 saturated carbocycles. The fourth-order valence-corrected chi connectivity index (χ4v) is 3.33. The van der Waals surface area contributed by atoms with Gasteiger partial charge in [0, 0.05) is 0 Å². The monoisotopic (exact) mass is 391 g/mol. The smallest absolute Gasteiger partial charge is 0.143 e. The van der Waals surface area contributed by atoms with Gasteiger partial charge in [0.2, 0.25) is 0 Å². The molecule has 0 amide bonds. The van der Waals surface area contributed by atoms with Gasteiger partial charge >= 0.3 is 0 Å². The molecule has 0 aromatic heterocycles. The zero-order valence-corrected chi connectivity index (χ0v) is 16.6. The third-order valence-electron chi connectivity index (χ3n) is 4.84. The number of methoxy groups -OCH3 is 2. The minimum absolute atomic E-state index is 0.0659. The number of hydrogen-bond acceptors (Lipinski definition) is 5. The van der Waals surface area contributed by atoms with Crippen molar-refractivity contribution in [3.8, 4) is 11.5 Å². The van der Waals surface area contributed by atoms with E-state index >= 15 is 0 Å². The first-order chi connectivity index (χ1) is 14.1. The SMILES string of the molecule is COc1ccc(C(OCC(N)C=O)(c2ccccc2)c2ccc(OC)cc2)cc1. The molecule has 1 unspecified atom stereocenters. The molecule has 0 heterocycles. The quantitative estimate of drug-likeness (QED) is 0.446. The Balaban J connectivity index is 2.22. The lowest BCUT2D eigenvalue weighted by Crippen LogP contribution is -2.38. The molecule has 0 fully saturated rings. The molecule has 150 valence electrons. The largest absolute Gasteiger partial charge is 0.497 e. The lowest BCUT2D eigenvalue weighted by molar-refractivity contribution is -0.111. The van der Waals surface area contributed by atoms with Crippen molar-refractivity contribution in [2.24, 2.45) is 5.73 Å². The molecule has 5 heteroatoms. The van der Waals surface area contributed by atoms with E-state index < -0.39 is 11.6 Å². The lowest BCUT2D eigenvalue weighted by atomic mass is 9.80. The Morgan fingerprint density at radius 1 is 0.793 bits per heavy atom. The van der Waals surface area contributed by atoms with Crippen LogP contribution < -0.4 is 15.2 Å². The second-order valence-electron chi connectivity index (χ2n) is 6.62. The summed E-state index contributed by atoms with van der Waals surface area (Å²) < 4.78 is 17.1. The van der Waals surface area contributed by atoms with Crippen molar-refractivity contribution in [2.75, 3.05) is 20.8 Å². The Morgan fingerprint density at radius 3 is 1.66 bits per heavy atom.